The number of benzene rings is 1. The van der Waals surface area contributed by atoms with Crippen LogP contribution in [0.25, 0.3) is 0 Å². The maximum Gasteiger partial charge on any atom is 0.138 e. The van der Waals surface area contributed by atoms with Crippen molar-refractivity contribution in [1.29, 1.82) is 0 Å². The van der Waals surface area contributed by atoms with Crippen LogP contribution < -0.4 is 11.1 Å². The van der Waals surface area contributed by atoms with Gasteiger partial charge in [0.15, 0.2) is 0 Å². The van der Waals surface area contributed by atoms with E-state index in [-0.39, 0.29) is 6.04 Å². The van der Waals surface area contributed by atoms with Crippen molar-refractivity contribution < 1.29 is 4.79 Å². The summed E-state index contributed by atoms with van der Waals surface area (Å²) < 4.78 is 0. The Bertz CT molecular complexity index is 406. The van der Waals surface area contributed by atoms with Crippen LogP contribution in [-0.4, -0.2) is 36.9 Å². The average molecular weight is 233 g/mol. The van der Waals surface area contributed by atoms with E-state index in [4.69, 9.17) is 5.73 Å². The average Bonchev–Trinajstić information content (AvgIpc) is 2.34. The van der Waals surface area contributed by atoms with E-state index in [1.165, 1.54) is 11.1 Å². The van der Waals surface area contributed by atoms with Crippen molar-refractivity contribution in [1.82, 2.24) is 10.2 Å². The fourth-order valence-corrected chi connectivity index (χ4v) is 2.18. The van der Waals surface area contributed by atoms with Crippen LogP contribution in [0.5, 0.6) is 0 Å². The fraction of sp³-hybridized carbons (Fsp3) is 0.462. The third-order valence-electron chi connectivity index (χ3n) is 3.22. The minimum Gasteiger partial charge on any atom is -0.399 e. The number of hydrogen-bond donors (Lipinski definition) is 2. The predicted molar refractivity (Wildman–Crippen MR) is 68.7 cm³/mol. The lowest BCUT2D eigenvalue weighted by molar-refractivity contribution is -0.110. The summed E-state index contributed by atoms with van der Waals surface area (Å²) in [4.78, 5) is 13.1. The molecular weight excluding hydrogens is 214 g/mol. The van der Waals surface area contributed by atoms with Gasteiger partial charge in [-0.2, -0.15) is 0 Å². The molecule has 1 aliphatic rings. The molecule has 1 aliphatic heterocycles. The van der Waals surface area contributed by atoms with E-state index < -0.39 is 0 Å². The van der Waals surface area contributed by atoms with Crippen molar-refractivity contribution in [3.63, 3.8) is 0 Å². The van der Waals surface area contributed by atoms with E-state index in [0.717, 1.165) is 38.2 Å². The fourth-order valence-electron chi connectivity index (χ4n) is 2.18. The smallest absolute Gasteiger partial charge is 0.138 e. The molecule has 92 valence electrons. The molecule has 0 amide bonds. The zero-order valence-corrected chi connectivity index (χ0v) is 10.1. The first-order chi connectivity index (χ1) is 8.19. The van der Waals surface area contributed by atoms with Crippen molar-refractivity contribution in [3.05, 3.63) is 29.3 Å². The van der Waals surface area contributed by atoms with E-state index in [2.05, 4.69) is 17.1 Å². The number of aldehydes is 1. The third kappa shape index (κ3) is 3.05. The first-order valence-electron chi connectivity index (χ1n) is 5.95. The van der Waals surface area contributed by atoms with Gasteiger partial charge >= 0.3 is 0 Å². The summed E-state index contributed by atoms with van der Waals surface area (Å²) in [7, 11) is 0. The van der Waals surface area contributed by atoms with E-state index >= 15 is 0 Å². The van der Waals surface area contributed by atoms with E-state index in [9.17, 15) is 4.79 Å². The maximum absolute atomic E-state index is 10.8. The summed E-state index contributed by atoms with van der Waals surface area (Å²) in [5.41, 5.74) is 9.09. The zero-order valence-electron chi connectivity index (χ0n) is 10.1. The van der Waals surface area contributed by atoms with Gasteiger partial charge in [-0.3, -0.25) is 4.90 Å². The highest BCUT2D eigenvalue weighted by Crippen LogP contribution is 2.15. The van der Waals surface area contributed by atoms with Gasteiger partial charge in [0, 0.05) is 31.9 Å². The Morgan fingerprint density at radius 3 is 3.18 bits per heavy atom. The van der Waals surface area contributed by atoms with E-state index in [1.807, 2.05) is 18.2 Å². The zero-order chi connectivity index (χ0) is 12.3. The summed E-state index contributed by atoms with van der Waals surface area (Å²) >= 11 is 0. The maximum atomic E-state index is 10.8. The van der Waals surface area contributed by atoms with Gasteiger partial charge in [-0.15, -0.1) is 0 Å². The number of rotatable bonds is 3. The minimum absolute atomic E-state index is 0.0369. The van der Waals surface area contributed by atoms with Crippen molar-refractivity contribution in [2.75, 3.05) is 25.4 Å². The summed E-state index contributed by atoms with van der Waals surface area (Å²) in [6.45, 7) is 5.57. The molecule has 4 heteroatoms. The highest BCUT2D eigenvalue weighted by molar-refractivity contribution is 5.58. The van der Waals surface area contributed by atoms with Gasteiger partial charge < -0.3 is 15.8 Å². The molecule has 1 unspecified atom stereocenters. The first kappa shape index (κ1) is 12.1. The van der Waals surface area contributed by atoms with Crippen LogP contribution in [0.3, 0.4) is 0 Å². The molecule has 17 heavy (non-hydrogen) atoms. The number of hydrogen-bond acceptors (Lipinski definition) is 4. The SMILES string of the molecule is Cc1ccc(N)cc1CN1CCNC(C=O)C1. The molecule has 2 rings (SSSR count). The van der Waals surface area contributed by atoms with Crippen LogP contribution in [0.4, 0.5) is 5.69 Å². The lowest BCUT2D eigenvalue weighted by Gasteiger charge is -2.31. The number of piperazine rings is 1. The Morgan fingerprint density at radius 1 is 1.59 bits per heavy atom. The van der Waals surface area contributed by atoms with Crippen LogP contribution in [0.2, 0.25) is 0 Å². The largest absolute Gasteiger partial charge is 0.399 e. The number of nitrogens with one attached hydrogen (secondary N) is 1. The highest BCUT2D eigenvalue weighted by Gasteiger charge is 2.18. The Balaban J connectivity index is 2.04. The van der Waals surface area contributed by atoms with Gasteiger partial charge in [-0.25, -0.2) is 0 Å². The molecule has 0 aliphatic carbocycles. The molecule has 3 N–H and O–H groups in total. The summed E-state index contributed by atoms with van der Waals surface area (Å²) in [6, 6.07) is 5.95. The van der Waals surface area contributed by atoms with Gasteiger partial charge in [0.2, 0.25) is 0 Å². The number of anilines is 1. The van der Waals surface area contributed by atoms with Gasteiger partial charge in [0.25, 0.3) is 0 Å². The molecule has 1 saturated heterocycles. The van der Waals surface area contributed by atoms with E-state index in [1.54, 1.807) is 0 Å². The second kappa shape index (κ2) is 5.29. The van der Waals surface area contributed by atoms with Crippen LogP contribution in [0.1, 0.15) is 11.1 Å². The second-order valence-electron chi connectivity index (χ2n) is 4.62. The van der Waals surface area contributed by atoms with Crippen LogP contribution in [0, 0.1) is 6.92 Å². The monoisotopic (exact) mass is 233 g/mol. The molecule has 0 spiro atoms. The number of carbonyl (C=O) groups is 1. The molecule has 1 atom stereocenters. The summed E-state index contributed by atoms with van der Waals surface area (Å²) in [5.74, 6) is 0. The molecule has 0 aromatic heterocycles. The summed E-state index contributed by atoms with van der Waals surface area (Å²) in [6.07, 6.45) is 0.984. The Morgan fingerprint density at radius 2 is 2.41 bits per heavy atom. The molecule has 0 bridgehead atoms. The number of nitrogens with two attached hydrogens (primary N) is 1. The van der Waals surface area contributed by atoms with Gasteiger partial charge in [-0.05, 0) is 30.2 Å². The lowest BCUT2D eigenvalue weighted by Crippen LogP contribution is -2.50. The Labute approximate surface area is 102 Å². The molecule has 0 saturated carbocycles. The number of carbonyl (C=O) groups excluding carboxylic acids is 1. The van der Waals surface area contributed by atoms with Crippen LogP contribution >= 0.6 is 0 Å². The van der Waals surface area contributed by atoms with Crippen molar-refractivity contribution in [2.45, 2.75) is 19.5 Å². The van der Waals surface area contributed by atoms with Gasteiger partial charge in [-0.1, -0.05) is 6.07 Å². The standard InChI is InChI=1S/C13H19N3O/c1-10-2-3-12(14)6-11(10)7-16-5-4-15-13(8-16)9-17/h2-3,6,9,13,15H,4-5,7-8,14H2,1H3. The number of nitrogen functional groups attached to an aromatic ring is 1. The number of aryl methyl sites for hydroxylation is 1. The van der Waals surface area contributed by atoms with Gasteiger partial charge in [0.05, 0.1) is 6.04 Å². The minimum atomic E-state index is -0.0369. The number of nitrogens with zero attached hydrogens (tertiary/aromatic N) is 1. The Hall–Kier alpha value is -1.39. The molecule has 4 nitrogen and oxygen atoms in total. The quantitative estimate of drug-likeness (QED) is 0.591. The topological polar surface area (TPSA) is 58.4 Å². The molecule has 1 aromatic rings. The normalized spacial score (nSPS) is 21.4. The molecule has 1 fully saturated rings. The molecule has 1 aromatic carbocycles. The summed E-state index contributed by atoms with van der Waals surface area (Å²) in [5, 5.41) is 3.18. The molecule has 1 heterocycles. The first-order valence-corrected chi connectivity index (χ1v) is 5.95. The molecular formula is C13H19N3O. The van der Waals surface area contributed by atoms with Crippen LogP contribution in [-0.2, 0) is 11.3 Å². The lowest BCUT2D eigenvalue weighted by atomic mass is 10.1. The Kier molecular flexibility index (Phi) is 3.76. The second-order valence-corrected chi connectivity index (χ2v) is 4.62. The van der Waals surface area contributed by atoms with Crippen molar-refractivity contribution >= 4 is 12.0 Å². The highest BCUT2D eigenvalue weighted by atomic mass is 16.1. The van der Waals surface area contributed by atoms with Crippen LogP contribution in [0.15, 0.2) is 18.2 Å². The third-order valence-corrected chi connectivity index (χ3v) is 3.22. The van der Waals surface area contributed by atoms with Crippen molar-refractivity contribution in [2.24, 2.45) is 0 Å². The van der Waals surface area contributed by atoms with Gasteiger partial charge in [0.1, 0.15) is 6.29 Å². The van der Waals surface area contributed by atoms with E-state index in [0.29, 0.717) is 0 Å². The predicted octanol–water partition coefficient (Wildman–Crippen LogP) is 0.550. The molecule has 0 radical (unpaired) electrons. The van der Waals surface area contributed by atoms with Crippen molar-refractivity contribution in [3.8, 4) is 0 Å².